The molecule has 0 aliphatic rings. The molecule has 15 heavy (non-hydrogen) atoms. The Morgan fingerprint density at radius 2 is 1.93 bits per heavy atom. The highest BCUT2D eigenvalue weighted by molar-refractivity contribution is 5.31. The van der Waals surface area contributed by atoms with Crippen LogP contribution in [-0.4, -0.2) is 7.11 Å². The molecule has 0 saturated heterocycles. The molecule has 84 valence electrons. The van der Waals surface area contributed by atoms with Gasteiger partial charge in [-0.1, -0.05) is 26.8 Å². The Labute approximate surface area is 90.2 Å². The van der Waals surface area contributed by atoms with Crippen molar-refractivity contribution in [3.63, 3.8) is 0 Å². The standard InChI is InChI=1S/C12H18FNO/c1-12(2,3)11(14)8-5-6-10(15-4)9(13)7-8/h5-7,11H,14H2,1-4H3. The van der Waals surface area contributed by atoms with Gasteiger partial charge in [0.25, 0.3) is 0 Å². The van der Waals surface area contributed by atoms with Gasteiger partial charge in [-0.3, -0.25) is 0 Å². The van der Waals surface area contributed by atoms with Crippen molar-refractivity contribution >= 4 is 0 Å². The monoisotopic (exact) mass is 211 g/mol. The molecule has 1 unspecified atom stereocenters. The van der Waals surface area contributed by atoms with Crippen LogP contribution in [0.25, 0.3) is 0 Å². The van der Waals surface area contributed by atoms with Gasteiger partial charge in [-0.25, -0.2) is 4.39 Å². The first kappa shape index (κ1) is 12.0. The first-order valence-corrected chi connectivity index (χ1v) is 4.95. The molecule has 0 aliphatic carbocycles. The van der Waals surface area contributed by atoms with Crippen LogP contribution in [0.3, 0.4) is 0 Å². The van der Waals surface area contributed by atoms with Gasteiger partial charge < -0.3 is 10.5 Å². The molecule has 1 rings (SSSR count). The second-order valence-electron chi connectivity index (χ2n) is 4.74. The van der Waals surface area contributed by atoms with Crippen LogP contribution >= 0.6 is 0 Å². The second kappa shape index (κ2) is 4.19. The zero-order valence-electron chi connectivity index (χ0n) is 9.67. The van der Waals surface area contributed by atoms with Gasteiger partial charge in [-0.05, 0) is 23.1 Å². The van der Waals surface area contributed by atoms with E-state index in [1.165, 1.54) is 13.2 Å². The first-order valence-electron chi connectivity index (χ1n) is 4.95. The van der Waals surface area contributed by atoms with Crippen molar-refractivity contribution in [1.29, 1.82) is 0 Å². The minimum absolute atomic E-state index is 0.0823. The summed E-state index contributed by atoms with van der Waals surface area (Å²) in [5.74, 6) is -0.116. The minimum Gasteiger partial charge on any atom is -0.494 e. The molecule has 1 aromatic carbocycles. The molecule has 1 aromatic rings. The Balaban J connectivity index is 3.02. The summed E-state index contributed by atoms with van der Waals surface area (Å²) in [5, 5.41) is 0. The lowest BCUT2D eigenvalue weighted by molar-refractivity contribution is 0.325. The second-order valence-corrected chi connectivity index (χ2v) is 4.74. The van der Waals surface area contributed by atoms with Crippen LogP contribution in [-0.2, 0) is 0 Å². The fourth-order valence-corrected chi connectivity index (χ4v) is 1.38. The fraction of sp³-hybridized carbons (Fsp3) is 0.500. The van der Waals surface area contributed by atoms with Crippen molar-refractivity contribution < 1.29 is 9.13 Å². The molecule has 0 aliphatic heterocycles. The van der Waals surface area contributed by atoms with E-state index in [1.807, 2.05) is 20.8 Å². The van der Waals surface area contributed by atoms with Gasteiger partial charge >= 0.3 is 0 Å². The summed E-state index contributed by atoms with van der Waals surface area (Å²) in [4.78, 5) is 0. The number of ether oxygens (including phenoxy) is 1. The fourth-order valence-electron chi connectivity index (χ4n) is 1.38. The third kappa shape index (κ3) is 2.69. The quantitative estimate of drug-likeness (QED) is 0.816. The number of halogens is 1. The molecule has 0 heterocycles. The van der Waals surface area contributed by atoms with E-state index in [1.54, 1.807) is 12.1 Å². The molecular formula is C12H18FNO. The summed E-state index contributed by atoms with van der Waals surface area (Å²) >= 11 is 0. The lowest BCUT2D eigenvalue weighted by Crippen LogP contribution is -2.26. The van der Waals surface area contributed by atoms with Crippen molar-refractivity contribution in [2.24, 2.45) is 11.1 Å². The number of methoxy groups -OCH3 is 1. The molecule has 0 amide bonds. The summed E-state index contributed by atoms with van der Waals surface area (Å²) in [5.41, 5.74) is 6.74. The molecule has 0 fully saturated rings. The number of rotatable bonds is 2. The van der Waals surface area contributed by atoms with Gasteiger partial charge in [0.05, 0.1) is 7.11 Å². The normalized spacial score (nSPS) is 13.7. The Morgan fingerprint density at radius 1 is 1.33 bits per heavy atom. The smallest absolute Gasteiger partial charge is 0.165 e. The highest BCUT2D eigenvalue weighted by atomic mass is 19.1. The maximum Gasteiger partial charge on any atom is 0.165 e. The highest BCUT2D eigenvalue weighted by Crippen LogP contribution is 2.32. The average molecular weight is 211 g/mol. The largest absolute Gasteiger partial charge is 0.494 e. The van der Waals surface area contributed by atoms with E-state index in [9.17, 15) is 4.39 Å². The number of benzene rings is 1. The minimum atomic E-state index is -0.366. The Bertz CT molecular complexity index is 344. The van der Waals surface area contributed by atoms with E-state index in [2.05, 4.69) is 0 Å². The van der Waals surface area contributed by atoms with Crippen LogP contribution in [0.5, 0.6) is 5.75 Å². The number of nitrogens with two attached hydrogens (primary N) is 1. The Kier molecular flexibility index (Phi) is 3.35. The Hall–Kier alpha value is -1.09. The van der Waals surface area contributed by atoms with Crippen molar-refractivity contribution in [3.05, 3.63) is 29.6 Å². The topological polar surface area (TPSA) is 35.2 Å². The molecule has 1 atom stereocenters. The van der Waals surface area contributed by atoms with Gasteiger partial charge in [0.2, 0.25) is 0 Å². The molecule has 0 aromatic heterocycles. The van der Waals surface area contributed by atoms with Gasteiger partial charge in [0.15, 0.2) is 11.6 Å². The molecule has 0 radical (unpaired) electrons. The SMILES string of the molecule is COc1ccc(C(N)C(C)(C)C)cc1F. The van der Waals surface area contributed by atoms with E-state index in [0.717, 1.165) is 5.56 Å². The van der Waals surface area contributed by atoms with Crippen LogP contribution in [0.4, 0.5) is 4.39 Å². The number of hydrogen-bond acceptors (Lipinski definition) is 2. The molecule has 0 saturated carbocycles. The molecule has 2 N–H and O–H groups in total. The van der Waals surface area contributed by atoms with Crippen molar-refractivity contribution in [1.82, 2.24) is 0 Å². The molecule has 3 heteroatoms. The van der Waals surface area contributed by atoms with Gasteiger partial charge in [0.1, 0.15) is 0 Å². The maximum atomic E-state index is 13.4. The van der Waals surface area contributed by atoms with E-state index in [0.29, 0.717) is 0 Å². The van der Waals surface area contributed by atoms with E-state index < -0.39 is 0 Å². The van der Waals surface area contributed by atoms with Crippen LogP contribution in [0, 0.1) is 11.2 Å². The predicted octanol–water partition coefficient (Wildman–Crippen LogP) is 2.88. The van der Waals surface area contributed by atoms with E-state index in [-0.39, 0.29) is 23.0 Å². The summed E-state index contributed by atoms with van der Waals surface area (Å²) in [6.45, 7) is 6.08. The van der Waals surface area contributed by atoms with Gasteiger partial charge in [-0.2, -0.15) is 0 Å². The van der Waals surface area contributed by atoms with E-state index >= 15 is 0 Å². The summed E-state index contributed by atoms with van der Waals surface area (Å²) in [6, 6.07) is 4.67. The van der Waals surface area contributed by atoms with Crippen LogP contribution in [0.2, 0.25) is 0 Å². The third-order valence-corrected chi connectivity index (χ3v) is 2.47. The maximum absolute atomic E-state index is 13.4. The van der Waals surface area contributed by atoms with Gasteiger partial charge in [0, 0.05) is 6.04 Å². The summed E-state index contributed by atoms with van der Waals surface area (Å²) in [6.07, 6.45) is 0. The molecule has 0 bridgehead atoms. The summed E-state index contributed by atoms with van der Waals surface area (Å²) < 4.78 is 18.3. The first-order chi connectivity index (χ1) is 6.86. The van der Waals surface area contributed by atoms with Crippen molar-refractivity contribution in [3.8, 4) is 5.75 Å². The summed E-state index contributed by atoms with van der Waals surface area (Å²) in [7, 11) is 1.45. The average Bonchev–Trinajstić information content (AvgIpc) is 2.15. The zero-order valence-corrected chi connectivity index (χ0v) is 9.67. The van der Waals surface area contributed by atoms with Crippen molar-refractivity contribution in [2.75, 3.05) is 7.11 Å². The van der Waals surface area contributed by atoms with Gasteiger partial charge in [-0.15, -0.1) is 0 Å². The lowest BCUT2D eigenvalue weighted by Gasteiger charge is -2.27. The molecule has 0 spiro atoms. The lowest BCUT2D eigenvalue weighted by atomic mass is 9.83. The van der Waals surface area contributed by atoms with Crippen LogP contribution < -0.4 is 10.5 Å². The predicted molar refractivity (Wildman–Crippen MR) is 59.3 cm³/mol. The third-order valence-electron chi connectivity index (χ3n) is 2.47. The Morgan fingerprint density at radius 3 is 2.33 bits per heavy atom. The molecule has 2 nitrogen and oxygen atoms in total. The number of hydrogen-bond donors (Lipinski definition) is 1. The molecular weight excluding hydrogens is 193 g/mol. The zero-order chi connectivity index (χ0) is 11.6. The van der Waals surface area contributed by atoms with Crippen LogP contribution in [0.1, 0.15) is 32.4 Å². The van der Waals surface area contributed by atoms with Crippen molar-refractivity contribution in [2.45, 2.75) is 26.8 Å². The highest BCUT2D eigenvalue weighted by Gasteiger charge is 2.23. The van der Waals surface area contributed by atoms with Crippen LogP contribution in [0.15, 0.2) is 18.2 Å². The van der Waals surface area contributed by atoms with E-state index in [4.69, 9.17) is 10.5 Å².